The highest BCUT2D eigenvalue weighted by Crippen LogP contribution is 2.32. The molecule has 0 saturated heterocycles. The fourth-order valence-electron chi connectivity index (χ4n) is 3.72. The van der Waals surface area contributed by atoms with Gasteiger partial charge in [0.15, 0.2) is 5.78 Å². The molecule has 0 fully saturated rings. The van der Waals surface area contributed by atoms with Crippen molar-refractivity contribution in [1.29, 1.82) is 0 Å². The molecule has 0 radical (unpaired) electrons. The highest BCUT2D eigenvalue weighted by molar-refractivity contribution is 7.22. The Morgan fingerprint density at radius 3 is 2.24 bits per heavy atom. The van der Waals surface area contributed by atoms with E-state index in [1.54, 1.807) is 49.7 Å². The van der Waals surface area contributed by atoms with Gasteiger partial charge in [0.2, 0.25) is 5.13 Å². The normalized spacial score (nSPS) is 11.1. The van der Waals surface area contributed by atoms with Crippen molar-refractivity contribution in [1.82, 2.24) is 4.98 Å². The van der Waals surface area contributed by atoms with Crippen molar-refractivity contribution in [2.45, 2.75) is 6.92 Å². The van der Waals surface area contributed by atoms with E-state index < -0.39 is 0 Å². The number of benzene rings is 4. The van der Waals surface area contributed by atoms with Gasteiger partial charge < -0.3 is 4.74 Å². The van der Waals surface area contributed by atoms with Gasteiger partial charge in [-0.25, -0.2) is 4.98 Å². The van der Waals surface area contributed by atoms with E-state index in [1.165, 1.54) is 16.3 Å². The van der Waals surface area contributed by atoms with Crippen LogP contribution in [0.3, 0.4) is 0 Å². The third kappa shape index (κ3) is 5.32. The van der Waals surface area contributed by atoms with Crippen molar-refractivity contribution < 1.29 is 14.3 Å². The zero-order valence-corrected chi connectivity index (χ0v) is 21.1. The van der Waals surface area contributed by atoms with E-state index in [4.69, 9.17) is 4.74 Å². The van der Waals surface area contributed by atoms with E-state index in [1.807, 2.05) is 67.6 Å². The van der Waals surface area contributed by atoms with Crippen LogP contribution in [0.4, 0.5) is 5.13 Å². The molecule has 37 heavy (non-hydrogen) atoms. The summed E-state index contributed by atoms with van der Waals surface area (Å²) in [6.07, 6.45) is 1.64. The number of methoxy groups -OCH3 is 1. The number of hydrogen-bond acceptors (Lipinski definition) is 6. The van der Waals surface area contributed by atoms with Gasteiger partial charge in [0.25, 0.3) is 5.91 Å². The molecular formula is C30H23N3O3S. The first kappa shape index (κ1) is 24.1. The minimum absolute atomic E-state index is 0.103. The number of amides is 1. The zero-order chi connectivity index (χ0) is 25.8. The molecule has 182 valence electrons. The molecule has 0 aliphatic rings. The summed E-state index contributed by atoms with van der Waals surface area (Å²) in [5.41, 5.74) is 4.22. The van der Waals surface area contributed by atoms with Gasteiger partial charge in [0.1, 0.15) is 5.75 Å². The maximum Gasteiger partial charge on any atom is 0.280 e. The molecule has 0 saturated carbocycles. The lowest BCUT2D eigenvalue weighted by molar-refractivity contribution is 0.0985. The molecule has 0 unspecified atom stereocenters. The first-order valence-corrected chi connectivity index (χ1v) is 12.4. The van der Waals surface area contributed by atoms with Crippen LogP contribution in [0.5, 0.6) is 5.75 Å². The summed E-state index contributed by atoms with van der Waals surface area (Å²) in [5.74, 6) is 0.254. The van der Waals surface area contributed by atoms with Gasteiger partial charge in [0, 0.05) is 16.7 Å². The molecule has 0 spiro atoms. The average Bonchev–Trinajstić information content (AvgIpc) is 3.37. The Hall–Kier alpha value is -4.62. The second-order valence-corrected chi connectivity index (χ2v) is 9.38. The monoisotopic (exact) mass is 505 g/mol. The second-order valence-electron chi connectivity index (χ2n) is 8.37. The van der Waals surface area contributed by atoms with E-state index in [-0.39, 0.29) is 11.7 Å². The third-order valence-corrected chi connectivity index (χ3v) is 6.78. The lowest BCUT2D eigenvalue weighted by atomic mass is 10.0. The Bertz CT molecular complexity index is 1590. The summed E-state index contributed by atoms with van der Waals surface area (Å²) in [6, 6.07) is 29.1. The minimum Gasteiger partial charge on any atom is -0.497 e. The Kier molecular flexibility index (Phi) is 6.87. The lowest BCUT2D eigenvalue weighted by Gasteiger charge is -2.14. The van der Waals surface area contributed by atoms with Gasteiger partial charge in [-0.1, -0.05) is 83.6 Å². The molecule has 7 heteroatoms. The molecule has 5 aromatic rings. The fraction of sp³-hybridized carbons (Fsp3) is 0.0667. The average molecular weight is 506 g/mol. The number of aromatic nitrogens is 1. The highest BCUT2D eigenvalue weighted by atomic mass is 32.1. The lowest BCUT2D eigenvalue weighted by Crippen LogP contribution is -2.25. The number of ketones is 1. The number of fused-ring (bicyclic) bond motifs is 1. The van der Waals surface area contributed by atoms with Crippen LogP contribution in [0, 0.1) is 6.92 Å². The number of aryl methyl sites for hydroxylation is 1. The number of rotatable bonds is 7. The van der Waals surface area contributed by atoms with Gasteiger partial charge in [-0.05, 0) is 42.8 Å². The van der Waals surface area contributed by atoms with Crippen molar-refractivity contribution in [3.8, 4) is 5.75 Å². The van der Waals surface area contributed by atoms with Crippen molar-refractivity contribution in [2.24, 2.45) is 5.10 Å². The van der Waals surface area contributed by atoms with Crippen molar-refractivity contribution in [3.05, 3.63) is 125 Å². The quantitative estimate of drug-likeness (QED) is 0.143. The van der Waals surface area contributed by atoms with Gasteiger partial charge in [-0.15, -0.1) is 0 Å². The molecular weight excluding hydrogens is 482 g/mol. The molecule has 6 nitrogen and oxygen atoms in total. The van der Waals surface area contributed by atoms with Crippen LogP contribution in [0.15, 0.2) is 102 Å². The van der Waals surface area contributed by atoms with Crippen LogP contribution in [0.25, 0.3) is 10.2 Å². The number of ether oxygens (including phenoxy) is 1. The molecule has 1 heterocycles. The third-order valence-electron chi connectivity index (χ3n) is 5.79. The number of anilines is 1. The SMILES string of the molecule is COc1ccc2nc(N(/N=C/c3ccc(C)cc3)C(=O)c3ccc(C(=O)c4ccccc4)cc3)sc2c1. The van der Waals surface area contributed by atoms with Crippen LogP contribution >= 0.6 is 11.3 Å². The molecule has 0 aliphatic heterocycles. The molecule has 0 bridgehead atoms. The predicted octanol–water partition coefficient (Wildman–Crippen LogP) is 6.53. The number of nitrogens with zero attached hydrogens (tertiary/aromatic N) is 3. The summed E-state index contributed by atoms with van der Waals surface area (Å²) in [7, 11) is 1.61. The van der Waals surface area contributed by atoms with Gasteiger partial charge >= 0.3 is 0 Å². The summed E-state index contributed by atoms with van der Waals surface area (Å²) in [5, 5.41) is 6.25. The predicted molar refractivity (Wildman–Crippen MR) is 148 cm³/mol. The molecule has 4 aromatic carbocycles. The van der Waals surface area contributed by atoms with E-state index in [0.29, 0.717) is 27.6 Å². The maximum absolute atomic E-state index is 13.6. The number of thiazole rings is 1. The highest BCUT2D eigenvalue weighted by Gasteiger charge is 2.22. The molecule has 0 N–H and O–H groups in total. The molecule has 0 atom stereocenters. The molecule has 1 aromatic heterocycles. The van der Waals surface area contributed by atoms with Crippen LogP contribution in [0.1, 0.15) is 37.4 Å². The first-order chi connectivity index (χ1) is 18.0. The summed E-state index contributed by atoms with van der Waals surface area (Å²) in [4.78, 5) is 31.1. The summed E-state index contributed by atoms with van der Waals surface area (Å²) >= 11 is 1.35. The molecule has 1 amide bonds. The zero-order valence-electron chi connectivity index (χ0n) is 20.3. The van der Waals surface area contributed by atoms with Crippen molar-refractivity contribution in [3.63, 3.8) is 0 Å². The van der Waals surface area contributed by atoms with E-state index in [0.717, 1.165) is 21.3 Å². The second kappa shape index (κ2) is 10.6. The van der Waals surface area contributed by atoms with E-state index in [2.05, 4.69) is 10.1 Å². The smallest absolute Gasteiger partial charge is 0.280 e. The van der Waals surface area contributed by atoms with Crippen LogP contribution < -0.4 is 9.75 Å². The van der Waals surface area contributed by atoms with Gasteiger partial charge in [-0.3, -0.25) is 9.59 Å². The standard InChI is InChI=1S/C30H23N3O3S/c1-20-8-10-21(11-9-20)19-31-33(30-32-26-17-16-25(36-2)18-27(26)37-30)29(35)24-14-12-23(13-15-24)28(34)22-6-4-3-5-7-22/h3-19H,1-2H3/b31-19+. The van der Waals surface area contributed by atoms with Crippen molar-refractivity contribution >= 4 is 44.6 Å². The van der Waals surface area contributed by atoms with Gasteiger partial charge in [-0.2, -0.15) is 10.1 Å². The number of hydrazone groups is 1. The molecule has 5 rings (SSSR count). The minimum atomic E-state index is -0.354. The van der Waals surface area contributed by atoms with Crippen molar-refractivity contribution in [2.75, 3.05) is 12.1 Å². The van der Waals surface area contributed by atoms with Crippen LogP contribution in [-0.4, -0.2) is 30.0 Å². The number of carbonyl (C=O) groups excluding carboxylic acids is 2. The van der Waals surface area contributed by atoms with Gasteiger partial charge in [0.05, 0.1) is 23.5 Å². The fourth-order valence-corrected chi connectivity index (χ4v) is 4.67. The maximum atomic E-state index is 13.6. The summed E-state index contributed by atoms with van der Waals surface area (Å²) in [6.45, 7) is 2.01. The Morgan fingerprint density at radius 2 is 1.54 bits per heavy atom. The van der Waals surface area contributed by atoms with E-state index in [9.17, 15) is 9.59 Å². The Labute approximate surface area is 218 Å². The number of carbonyl (C=O) groups is 2. The Balaban J connectivity index is 1.48. The first-order valence-electron chi connectivity index (χ1n) is 11.6. The molecule has 0 aliphatic carbocycles. The Morgan fingerprint density at radius 1 is 0.865 bits per heavy atom. The van der Waals surface area contributed by atoms with Crippen LogP contribution in [-0.2, 0) is 0 Å². The number of hydrogen-bond donors (Lipinski definition) is 0. The summed E-state index contributed by atoms with van der Waals surface area (Å²) < 4.78 is 6.20. The topological polar surface area (TPSA) is 71.9 Å². The van der Waals surface area contributed by atoms with E-state index >= 15 is 0 Å². The largest absolute Gasteiger partial charge is 0.497 e. The van der Waals surface area contributed by atoms with Crippen LogP contribution in [0.2, 0.25) is 0 Å².